The quantitative estimate of drug-likeness (QED) is 0.527. The van der Waals surface area contributed by atoms with Crippen molar-refractivity contribution in [3.8, 4) is 0 Å². The number of carbonyl (C=O) groups excluding carboxylic acids is 2. The van der Waals surface area contributed by atoms with Gasteiger partial charge in [0, 0.05) is 18.7 Å². The molecular weight excluding hydrogens is 279 g/mol. The summed E-state index contributed by atoms with van der Waals surface area (Å²) in [5.41, 5.74) is -0.965. The summed E-state index contributed by atoms with van der Waals surface area (Å²) in [6, 6.07) is 5.07. The topological polar surface area (TPSA) is 95.5 Å². The first-order chi connectivity index (χ1) is 9.95. The highest BCUT2D eigenvalue weighted by Gasteiger charge is 2.56. The van der Waals surface area contributed by atoms with Crippen LogP contribution < -0.4 is 10.6 Å². The molecule has 0 bridgehead atoms. The lowest BCUT2D eigenvalue weighted by atomic mass is 10.1. The Bertz CT molecular complexity index is 567. The zero-order chi connectivity index (χ0) is 15.5. The maximum Gasteiger partial charge on any atom is 0.319 e. The first-order valence-corrected chi connectivity index (χ1v) is 6.51. The maximum absolute atomic E-state index is 12.7. The van der Waals surface area contributed by atoms with Gasteiger partial charge in [0.15, 0.2) is 0 Å². The van der Waals surface area contributed by atoms with Gasteiger partial charge in [0.25, 0.3) is 5.91 Å². The SMILES string of the molecule is O=C(NCCNC(=O)C1(C(=O)O)CC1)c1ccc(F)cc1. The number of halogens is 1. The third-order valence-corrected chi connectivity index (χ3v) is 3.40. The van der Waals surface area contributed by atoms with Crippen LogP contribution in [-0.4, -0.2) is 36.0 Å². The molecule has 21 heavy (non-hydrogen) atoms. The van der Waals surface area contributed by atoms with Crippen molar-refractivity contribution < 1.29 is 23.9 Å². The van der Waals surface area contributed by atoms with E-state index in [4.69, 9.17) is 5.11 Å². The van der Waals surface area contributed by atoms with Crippen LogP contribution in [0, 0.1) is 11.2 Å². The van der Waals surface area contributed by atoms with Crippen molar-refractivity contribution in [3.63, 3.8) is 0 Å². The van der Waals surface area contributed by atoms with Crippen LogP contribution in [0.2, 0.25) is 0 Å². The average Bonchev–Trinajstić information content (AvgIpc) is 3.25. The number of nitrogens with one attached hydrogen (secondary N) is 2. The molecule has 7 heteroatoms. The fraction of sp³-hybridized carbons (Fsp3) is 0.357. The van der Waals surface area contributed by atoms with Gasteiger partial charge in [0.1, 0.15) is 11.2 Å². The third kappa shape index (κ3) is 3.36. The van der Waals surface area contributed by atoms with Crippen LogP contribution in [0.5, 0.6) is 0 Å². The zero-order valence-electron chi connectivity index (χ0n) is 11.2. The van der Waals surface area contributed by atoms with Crippen molar-refractivity contribution in [2.75, 3.05) is 13.1 Å². The molecule has 1 aliphatic carbocycles. The molecule has 1 aromatic carbocycles. The number of carboxylic acid groups (broad SMARTS) is 1. The minimum absolute atomic E-state index is 0.140. The van der Waals surface area contributed by atoms with E-state index < -0.39 is 23.1 Å². The van der Waals surface area contributed by atoms with Crippen LogP contribution >= 0.6 is 0 Å². The number of hydrogen-bond donors (Lipinski definition) is 3. The Kier molecular flexibility index (Phi) is 4.21. The summed E-state index contributed by atoms with van der Waals surface area (Å²) in [5.74, 6) is -2.45. The van der Waals surface area contributed by atoms with Gasteiger partial charge in [0.2, 0.25) is 5.91 Å². The van der Waals surface area contributed by atoms with Gasteiger partial charge in [-0.05, 0) is 37.1 Å². The molecule has 1 aromatic rings. The number of carbonyl (C=O) groups is 3. The van der Waals surface area contributed by atoms with Crippen molar-refractivity contribution in [1.82, 2.24) is 10.6 Å². The molecule has 1 aliphatic rings. The smallest absolute Gasteiger partial charge is 0.319 e. The molecule has 3 N–H and O–H groups in total. The van der Waals surface area contributed by atoms with Gasteiger partial charge in [-0.25, -0.2) is 4.39 Å². The Morgan fingerprint density at radius 1 is 1.10 bits per heavy atom. The van der Waals surface area contributed by atoms with Crippen molar-refractivity contribution in [3.05, 3.63) is 35.6 Å². The number of carboxylic acids is 1. The van der Waals surface area contributed by atoms with Gasteiger partial charge in [-0.15, -0.1) is 0 Å². The molecule has 0 unspecified atom stereocenters. The molecule has 2 amide bonds. The Morgan fingerprint density at radius 2 is 1.67 bits per heavy atom. The third-order valence-electron chi connectivity index (χ3n) is 3.40. The second-order valence-corrected chi connectivity index (χ2v) is 4.91. The van der Waals surface area contributed by atoms with Gasteiger partial charge >= 0.3 is 5.97 Å². The van der Waals surface area contributed by atoms with Crippen LogP contribution in [0.4, 0.5) is 4.39 Å². The van der Waals surface area contributed by atoms with Gasteiger partial charge < -0.3 is 15.7 Å². The van der Waals surface area contributed by atoms with Gasteiger partial charge in [0.05, 0.1) is 0 Å². The molecule has 1 saturated carbocycles. The molecule has 0 spiro atoms. The molecule has 6 nitrogen and oxygen atoms in total. The average molecular weight is 294 g/mol. The fourth-order valence-corrected chi connectivity index (χ4v) is 1.89. The Balaban J connectivity index is 1.73. The van der Waals surface area contributed by atoms with E-state index in [1.807, 2.05) is 0 Å². The van der Waals surface area contributed by atoms with Crippen LogP contribution in [-0.2, 0) is 9.59 Å². The lowest BCUT2D eigenvalue weighted by molar-refractivity contribution is -0.149. The highest BCUT2D eigenvalue weighted by molar-refractivity contribution is 6.04. The molecule has 2 rings (SSSR count). The minimum atomic E-state index is -1.28. The van der Waals surface area contributed by atoms with Crippen LogP contribution in [0.15, 0.2) is 24.3 Å². The van der Waals surface area contributed by atoms with E-state index in [-0.39, 0.29) is 19.0 Å². The fourth-order valence-electron chi connectivity index (χ4n) is 1.89. The highest BCUT2D eigenvalue weighted by atomic mass is 19.1. The van der Waals surface area contributed by atoms with E-state index in [0.29, 0.717) is 18.4 Å². The maximum atomic E-state index is 12.7. The van der Waals surface area contributed by atoms with E-state index >= 15 is 0 Å². The van der Waals surface area contributed by atoms with Crippen molar-refractivity contribution in [2.45, 2.75) is 12.8 Å². The van der Waals surface area contributed by atoms with Crippen molar-refractivity contribution in [1.29, 1.82) is 0 Å². The highest BCUT2D eigenvalue weighted by Crippen LogP contribution is 2.45. The van der Waals surface area contributed by atoms with E-state index in [1.54, 1.807) is 0 Å². The monoisotopic (exact) mass is 294 g/mol. The molecule has 0 heterocycles. The molecule has 0 aliphatic heterocycles. The molecule has 112 valence electrons. The minimum Gasteiger partial charge on any atom is -0.480 e. The first kappa shape index (κ1) is 15.0. The summed E-state index contributed by atoms with van der Waals surface area (Å²) >= 11 is 0. The molecule has 0 saturated heterocycles. The summed E-state index contributed by atoms with van der Waals surface area (Å²) in [7, 11) is 0. The Hall–Kier alpha value is -2.44. The van der Waals surface area contributed by atoms with Crippen LogP contribution in [0.25, 0.3) is 0 Å². The standard InChI is InChI=1S/C14H15FN2O4/c15-10-3-1-9(2-4-10)11(18)16-7-8-17-12(19)14(5-6-14)13(20)21/h1-4H,5-8H2,(H,16,18)(H,17,19)(H,20,21). The normalized spacial score (nSPS) is 15.1. The number of rotatable bonds is 6. The number of aliphatic carboxylic acids is 1. The second kappa shape index (κ2) is 5.90. The van der Waals surface area contributed by atoms with Crippen LogP contribution in [0.1, 0.15) is 23.2 Å². The lowest BCUT2D eigenvalue weighted by Crippen LogP contribution is -2.41. The van der Waals surface area contributed by atoms with Gasteiger partial charge in [-0.2, -0.15) is 0 Å². The van der Waals surface area contributed by atoms with Crippen molar-refractivity contribution in [2.24, 2.45) is 5.41 Å². The van der Waals surface area contributed by atoms with E-state index in [9.17, 15) is 18.8 Å². The number of amides is 2. The number of hydrogen-bond acceptors (Lipinski definition) is 3. The van der Waals surface area contributed by atoms with Gasteiger partial charge in [-0.1, -0.05) is 0 Å². The summed E-state index contributed by atoms with van der Waals surface area (Å²) in [5, 5.41) is 14.0. The number of benzene rings is 1. The Labute approximate surface area is 120 Å². The zero-order valence-corrected chi connectivity index (χ0v) is 11.2. The largest absolute Gasteiger partial charge is 0.480 e. The summed E-state index contributed by atoms with van der Waals surface area (Å²) in [4.78, 5) is 34.3. The van der Waals surface area contributed by atoms with E-state index in [0.717, 1.165) is 0 Å². The summed E-state index contributed by atoms with van der Waals surface area (Å²) < 4.78 is 12.7. The summed E-state index contributed by atoms with van der Waals surface area (Å²) in [6.45, 7) is 0.304. The second-order valence-electron chi connectivity index (χ2n) is 4.91. The predicted octanol–water partition coefficient (Wildman–Crippen LogP) is 0.536. The molecular formula is C14H15FN2O4. The predicted molar refractivity (Wildman–Crippen MR) is 71.0 cm³/mol. The van der Waals surface area contributed by atoms with E-state index in [1.165, 1.54) is 24.3 Å². The van der Waals surface area contributed by atoms with Crippen LogP contribution in [0.3, 0.4) is 0 Å². The molecule has 1 fully saturated rings. The van der Waals surface area contributed by atoms with Gasteiger partial charge in [-0.3, -0.25) is 14.4 Å². The lowest BCUT2D eigenvalue weighted by Gasteiger charge is -2.11. The Morgan fingerprint density at radius 3 is 2.19 bits per heavy atom. The summed E-state index contributed by atoms with van der Waals surface area (Å²) in [6.07, 6.45) is 0.687. The molecule has 0 atom stereocenters. The van der Waals surface area contributed by atoms with E-state index in [2.05, 4.69) is 10.6 Å². The molecule has 0 aromatic heterocycles. The molecule has 0 radical (unpaired) electrons. The first-order valence-electron chi connectivity index (χ1n) is 6.51. The van der Waals surface area contributed by atoms with Crippen molar-refractivity contribution >= 4 is 17.8 Å².